The van der Waals surface area contributed by atoms with E-state index in [2.05, 4.69) is 23.6 Å². The number of fused-ring (bicyclic) bond motifs is 1. The van der Waals surface area contributed by atoms with Crippen molar-refractivity contribution in [3.63, 3.8) is 0 Å². The first-order valence-electron chi connectivity index (χ1n) is 9.74. The van der Waals surface area contributed by atoms with Gasteiger partial charge in [-0.25, -0.2) is 0 Å². The monoisotopic (exact) mass is 380 g/mol. The maximum absolute atomic E-state index is 12.4. The van der Waals surface area contributed by atoms with Gasteiger partial charge in [-0.05, 0) is 56.2 Å². The fourth-order valence-electron chi connectivity index (χ4n) is 3.61. The van der Waals surface area contributed by atoms with Crippen LogP contribution in [-0.2, 0) is 9.59 Å². The number of nitrogens with zero attached hydrogens (tertiary/aromatic N) is 1. The van der Waals surface area contributed by atoms with Crippen molar-refractivity contribution in [3.05, 3.63) is 54.1 Å². The SMILES string of the molecule is CCC(=O)N1c2ccccc2[C@H](Nc2ccc(NC(=O)[C@H](C)N)cc2)C[C@@H]1C. The number of carbonyl (C=O) groups is 2. The van der Waals surface area contributed by atoms with Crippen LogP contribution in [0.25, 0.3) is 0 Å². The first-order valence-corrected chi connectivity index (χ1v) is 9.74. The van der Waals surface area contributed by atoms with Crippen molar-refractivity contribution in [1.82, 2.24) is 0 Å². The van der Waals surface area contributed by atoms with E-state index in [0.29, 0.717) is 12.1 Å². The zero-order valence-electron chi connectivity index (χ0n) is 16.6. The van der Waals surface area contributed by atoms with Gasteiger partial charge in [-0.15, -0.1) is 0 Å². The van der Waals surface area contributed by atoms with Crippen LogP contribution in [0.1, 0.15) is 45.2 Å². The minimum absolute atomic E-state index is 0.108. The Morgan fingerprint density at radius 2 is 1.79 bits per heavy atom. The molecule has 4 N–H and O–H groups in total. The van der Waals surface area contributed by atoms with E-state index in [9.17, 15) is 9.59 Å². The molecule has 0 aliphatic carbocycles. The number of amides is 2. The first-order chi connectivity index (χ1) is 13.4. The van der Waals surface area contributed by atoms with Crippen molar-refractivity contribution in [1.29, 1.82) is 0 Å². The largest absolute Gasteiger partial charge is 0.378 e. The molecule has 1 aliphatic rings. The fraction of sp³-hybridized carbons (Fsp3) is 0.364. The molecule has 0 aromatic heterocycles. The molecule has 2 aromatic rings. The number of nitrogens with two attached hydrogens (primary N) is 1. The second-order valence-electron chi connectivity index (χ2n) is 7.31. The topological polar surface area (TPSA) is 87.5 Å². The molecule has 3 atom stereocenters. The summed E-state index contributed by atoms with van der Waals surface area (Å²) in [5, 5.41) is 6.36. The Kier molecular flexibility index (Phi) is 5.99. The van der Waals surface area contributed by atoms with Crippen LogP contribution in [0.3, 0.4) is 0 Å². The highest BCUT2D eigenvalue weighted by atomic mass is 16.2. The molecule has 0 unspecified atom stereocenters. The molecule has 2 amide bonds. The van der Waals surface area contributed by atoms with Crippen molar-refractivity contribution >= 4 is 28.9 Å². The van der Waals surface area contributed by atoms with E-state index in [4.69, 9.17) is 5.73 Å². The Morgan fingerprint density at radius 3 is 2.43 bits per heavy atom. The van der Waals surface area contributed by atoms with Gasteiger partial charge in [0.1, 0.15) is 0 Å². The van der Waals surface area contributed by atoms with Crippen molar-refractivity contribution in [2.45, 2.75) is 51.7 Å². The quantitative estimate of drug-likeness (QED) is 0.739. The Bertz CT molecular complexity index is 848. The van der Waals surface area contributed by atoms with Crippen LogP contribution >= 0.6 is 0 Å². The van der Waals surface area contributed by atoms with Crippen LogP contribution in [0.15, 0.2) is 48.5 Å². The molecule has 6 heteroatoms. The maximum atomic E-state index is 12.4. The Hall–Kier alpha value is -2.86. The molecule has 0 fully saturated rings. The van der Waals surface area contributed by atoms with E-state index in [1.165, 1.54) is 0 Å². The number of hydrogen-bond acceptors (Lipinski definition) is 4. The van der Waals surface area contributed by atoms with Gasteiger partial charge in [-0.1, -0.05) is 25.1 Å². The summed E-state index contributed by atoms with van der Waals surface area (Å²) >= 11 is 0. The summed E-state index contributed by atoms with van der Waals surface area (Å²) in [5.74, 6) is -0.0657. The van der Waals surface area contributed by atoms with E-state index in [-0.39, 0.29) is 23.9 Å². The summed E-state index contributed by atoms with van der Waals surface area (Å²) in [6, 6.07) is 15.3. The van der Waals surface area contributed by atoms with Crippen LogP contribution in [0.2, 0.25) is 0 Å². The van der Waals surface area contributed by atoms with Gasteiger partial charge in [0.2, 0.25) is 11.8 Å². The molecule has 1 aliphatic heterocycles. The van der Waals surface area contributed by atoms with Crippen molar-refractivity contribution < 1.29 is 9.59 Å². The summed E-state index contributed by atoms with van der Waals surface area (Å²) in [5.41, 5.74) is 9.36. The molecule has 148 valence electrons. The zero-order valence-corrected chi connectivity index (χ0v) is 16.6. The molecule has 0 bridgehead atoms. The fourth-order valence-corrected chi connectivity index (χ4v) is 3.61. The number of rotatable bonds is 5. The van der Waals surface area contributed by atoms with Crippen LogP contribution in [0, 0.1) is 0 Å². The van der Waals surface area contributed by atoms with E-state index >= 15 is 0 Å². The molecule has 6 nitrogen and oxygen atoms in total. The summed E-state index contributed by atoms with van der Waals surface area (Å²) in [6.45, 7) is 5.64. The Labute approximate surface area is 166 Å². The molecule has 1 heterocycles. The average Bonchev–Trinajstić information content (AvgIpc) is 2.69. The molecular formula is C22H28N4O2. The van der Waals surface area contributed by atoms with Crippen molar-refractivity contribution in [2.75, 3.05) is 15.5 Å². The molecule has 0 spiro atoms. The first kappa shape index (κ1) is 19.9. The summed E-state index contributed by atoms with van der Waals surface area (Å²) in [4.78, 5) is 26.1. The highest BCUT2D eigenvalue weighted by molar-refractivity contribution is 5.95. The van der Waals surface area contributed by atoms with Gasteiger partial charge < -0.3 is 21.3 Å². The number of carbonyl (C=O) groups excluding carboxylic acids is 2. The normalized spacial score (nSPS) is 19.5. The lowest BCUT2D eigenvalue weighted by Crippen LogP contribution is -2.44. The van der Waals surface area contributed by atoms with Gasteiger partial charge in [-0.3, -0.25) is 9.59 Å². The average molecular weight is 380 g/mol. The third-order valence-corrected chi connectivity index (χ3v) is 5.07. The Balaban J connectivity index is 1.79. The number of para-hydroxylation sites is 1. The number of anilines is 3. The number of hydrogen-bond donors (Lipinski definition) is 3. The standard InChI is InChI=1S/C22H28N4O2/c1-4-21(27)26-14(2)13-19(18-7-5-6-8-20(18)26)24-16-9-11-17(12-10-16)25-22(28)15(3)23/h5-12,14-15,19,24H,4,13,23H2,1-3H3,(H,25,28)/t14-,15-,19+/m0/s1. The van der Waals surface area contributed by atoms with Crippen LogP contribution < -0.4 is 21.3 Å². The summed E-state index contributed by atoms with van der Waals surface area (Å²) in [6.07, 6.45) is 1.32. The third kappa shape index (κ3) is 4.17. The molecule has 3 rings (SSSR count). The maximum Gasteiger partial charge on any atom is 0.240 e. The smallest absolute Gasteiger partial charge is 0.240 e. The van der Waals surface area contributed by atoms with Crippen LogP contribution in [0.4, 0.5) is 17.1 Å². The zero-order chi connectivity index (χ0) is 20.3. The molecule has 28 heavy (non-hydrogen) atoms. The summed E-state index contributed by atoms with van der Waals surface area (Å²) in [7, 11) is 0. The second kappa shape index (κ2) is 8.44. The van der Waals surface area contributed by atoms with E-state index < -0.39 is 6.04 Å². The van der Waals surface area contributed by atoms with Crippen molar-refractivity contribution in [2.24, 2.45) is 5.73 Å². The van der Waals surface area contributed by atoms with E-state index in [0.717, 1.165) is 23.4 Å². The highest BCUT2D eigenvalue weighted by Gasteiger charge is 2.32. The van der Waals surface area contributed by atoms with Gasteiger partial charge in [0, 0.05) is 29.5 Å². The number of nitrogens with one attached hydrogen (secondary N) is 2. The van der Waals surface area contributed by atoms with Gasteiger partial charge in [0.15, 0.2) is 0 Å². The van der Waals surface area contributed by atoms with E-state index in [1.54, 1.807) is 6.92 Å². The van der Waals surface area contributed by atoms with Crippen molar-refractivity contribution in [3.8, 4) is 0 Å². The van der Waals surface area contributed by atoms with Gasteiger partial charge in [0.05, 0.1) is 12.1 Å². The lowest BCUT2D eigenvalue weighted by molar-refractivity contribution is -0.119. The van der Waals surface area contributed by atoms with E-state index in [1.807, 2.05) is 54.3 Å². The number of benzene rings is 2. The highest BCUT2D eigenvalue weighted by Crippen LogP contribution is 2.39. The van der Waals surface area contributed by atoms with Crippen LogP contribution in [0.5, 0.6) is 0 Å². The molecule has 0 saturated heterocycles. The van der Waals surface area contributed by atoms with Gasteiger partial charge >= 0.3 is 0 Å². The molecule has 2 aromatic carbocycles. The predicted octanol–water partition coefficient (Wildman–Crippen LogP) is 3.66. The Morgan fingerprint density at radius 1 is 1.14 bits per heavy atom. The predicted molar refractivity (Wildman–Crippen MR) is 113 cm³/mol. The van der Waals surface area contributed by atoms with Gasteiger partial charge in [0.25, 0.3) is 0 Å². The van der Waals surface area contributed by atoms with Gasteiger partial charge in [-0.2, -0.15) is 0 Å². The van der Waals surface area contributed by atoms with Crippen LogP contribution in [-0.4, -0.2) is 23.9 Å². The molecule has 0 radical (unpaired) electrons. The lowest BCUT2D eigenvalue weighted by Gasteiger charge is -2.40. The lowest BCUT2D eigenvalue weighted by atomic mass is 9.91. The molecule has 0 saturated carbocycles. The third-order valence-electron chi connectivity index (χ3n) is 5.07. The molecular weight excluding hydrogens is 352 g/mol. The minimum Gasteiger partial charge on any atom is -0.378 e. The second-order valence-corrected chi connectivity index (χ2v) is 7.31. The minimum atomic E-state index is -0.549. The summed E-state index contributed by atoms with van der Waals surface area (Å²) < 4.78 is 0.